The van der Waals surface area contributed by atoms with Crippen LogP contribution in [-0.4, -0.2) is 15.0 Å². The van der Waals surface area contributed by atoms with E-state index in [1.165, 1.54) is 16.3 Å². The SMILES string of the molecule is C1=CC(c2nc(C3=CC(c4ccc5ccccc5c4)Cc4oc5ccccc5c43)nc(-c3cccc4c3oc3ccccc34)n2)=CCC1. The Morgan fingerprint density at radius 3 is 2.23 bits per heavy atom. The predicted octanol–water partition coefficient (Wildman–Crippen LogP) is 10.8. The Morgan fingerprint density at radius 2 is 1.35 bits per heavy atom. The summed E-state index contributed by atoms with van der Waals surface area (Å²) < 4.78 is 13.0. The summed E-state index contributed by atoms with van der Waals surface area (Å²) in [5.74, 6) is 2.89. The molecule has 1 unspecified atom stereocenters. The third kappa shape index (κ3) is 4.35. The van der Waals surface area contributed by atoms with E-state index in [1.807, 2.05) is 36.4 Å². The van der Waals surface area contributed by atoms with E-state index in [2.05, 4.69) is 97.1 Å². The van der Waals surface area contributed by atoms with Crippen molar-refractivity contribution >= 4 is 54.8 Å². The zero-order valence-corrected chi connectivity index (χ0v) is 26.1. The van der Waals surface area contributed by atoms with Gasteiger partial charge in [-0.25, -0.2) is 15.0 Å². The number of aromatic nitrogens is 3. The lowest BCUT2D eigenvalue weighted by molar-refractivity contribution is 0.531. The minimum atomic E-state index is 0.0777. The fraction of sp³-hybridized carbons (Fsp3) is 0.0930. The van der Waals surface area contributed by atoms with E-state index in [0.29, 0.717) is 17.5 Å². The molecule has 228 valence electrons. The minimum absolute atomic E-state index is 0.0777. The molecule has 0 spiro atoms. The van der Waals surface area contributed by atoms with Gasteiger partial charge in [-0.15, -0.1) is 0 Å². The maximum atomic E-state index is 6.58. The van der Waals surface area contributed by atoms with Gasteiger partial charge in [0.15, 0.2) is 17.5 Å². The number of fused-ring (bicyclic) bond motifs is 7. The number of para-hydroxylation sites is 3. The number of benzene rings is 5. The molecule has 3 heterocycles. The molecule has 5 nitrogen and oxygen atoms in total. The van der Waals surface area contributed by atoms with Crippen LogP contribution in [0.25, 0.3) is 66.2 Å². The van der Waals surface area contributed by atoms with Gasteiger partial charge in [0.25, 0.3) is 0 Å². The zero-order chi connectivity index (χ0) is 31.6. The maximum Gasteiger partial charge on any atom is 0.167 e. The average Bonchev–Trinajstić information content (AvgIpc) is 3.73. The van der Waals surface area contributed by atoms with Gasteiger partial charge in [0.2, 0.25) is 0 Å². The number of rotatable bonds is 4. The summed E-state index contributed by atoms with van der Waals surface area (Å²) in [5, 5.41) is 5.63. The van der Waals surface area contributed by atoms with Gasteiger partial charge in [-0.05, 0) is 47.4 Å². The van der Waals surface area contributed by atoms with Gasteiger partial charge in [0, 0.05) is 45.2 Å². The summed E-state index contributed by atoms with van der Waals surface area (Å²) in [5.41, 5.74) is 7.58. The Balaban J connectivity index is 1.22. The highest BCUT2D eigenvalue weighted by atomic mass is 16.3. The van der Waals surface area contributed by atoms with E-state index in [0.717, 1.165) is 80.2 Å². The van der Waals surface area contributed by atoms with E-state index in [1.54, 1.807) is 0 Å². The van der Waals surface area contributed by atoms with Gasteiger partial charge in [-0.1, -0.05) is 115 Å². The van der Waals surface area contributed by atoms with Gasteiger partial charge in [0.1, 0.15) is 22.5 Å². The predicted molar refractivity (Wildman–Crippen MR) is 193 cm³/mol. The number of hydrogen-bond donors (Lipinski definition) is 0. The van der Waals surface area contributed by atoms with Crippen LogP contribution in [0.1, 0.15) is 47.3 Å². The summed E-state index contributed by atoms with van der Waals surface area (Å²) in [4.78, 5) is 15.6. The molecule has 2 aliphatic carbocycles. The van der Waals surface area contributed by atoms with E-state index in [9.17, 15) is 0 Å². The van der Waals surface area contributed by atoms with Gasteiger partial charge < -0.3 is 8.83 Å². The van der Waals surface area contributed by atoms with Crippen molar-refractivity contribution in [1.82, 2.24) is 15.0 Å². The molecule has 8 aromatic rings. The number of hydrogen-bond acceptors (Lipinski definition) is 5. The van der Waals surface area contributed by atoms with E-state index in [-0.39, 0.29) is 5.92 Å². The van der Waals surface area contributed by atoms with Crippen LogP contribution in [-0.2, 0) is 6.42 Å². The van der Waals surface area contributed by atoms with Gasteiger partial charge >= 0.3 is 0 Å². The Morgan fingerprint density at radius 1 is 0.604 bits per heavy atom. The van der Waals surface area contributed by atoms with Crippen LogP contribution in [0.2, 0.25) is 0 Å². The van der Waals surface area contributed by atoms with Crippen molar-refractivity contribution in [3.63, 3.8) is 0 Å². The smallest absolute Gasteiger partial charge is 0.167 e. The molecule has 5 aromatic carbocycles. The first kappa shape index (κ1) is 27.1. The Hall–Kier alpha value is -6.07. The van der Waals surface area contributed by atoms with Crippen LogP contribution in [0.15, 0.2) is 142 Å². The first-order valence-corrected chi connectivity index (χ1v) is 16.5. The van der Waals surface area contributed by atoms with Crippen molar-refractivity contribution < 1.29 is 8.83 Å². The first-order chi connectivity index (χ1) is 23.8. The molecule has 0 saturated heterocycles. The fourth-order valence-electron chi connectivity index (χ4n) is 7.37. The van der Waals surface area contributed by atoms with E-state index in [4.69, 9.17) is 23.8 Å². The molecule has 1 atom stereocenters. The van der Waals surface area contributed by atoms with Crippen LogP contribution in [0.5, 0.6) is 0 Å². The highest BCUT2D eigenvalue weighted by Crippen LogP contribution is 2.44. The Labute approximate surface area is 276 Å². The van der Waals surface area contributed by atoms with Gasteiger partial charge in [0.05, 0.1) is 5.56 Å². The monoisotopic (exact) mass is 619 g/mol. The molecule has 0 radical (unpaired) electrons. The summed E-state index contributed by atoms with van der Waals surface area (Å²) >= 11 is 0. The Bertz CT molecular complexity index is 2670. The molecule has 48 heavy (non-hydrogen) atoms. The lowest BCUT2D eigenvalue weighted by Gasteiger charge is -2.22. The number of allylic oxidation sites excluding steroid dienone is 5. The van der Waals surface area contributed by atoms with Crippen LogP contribution in [0, 0.1) is 0 Å². The molecule has 0 saturated carbocycles. The number of nitrogens with zero attached hydrogens (tertiary/aromatic N) is 3. The molecular weight excluding hydrogens is 590 g/mol. The first-order valence-electron chi connectivity index (χ1n) is 16.5. The van der Waals surface area contributed by atoms with E-state index < -0.39 is 0 Å². The van der Waals surface area contributed by atoms with Crippen molar-refractivity contribution in [1.29, 1.82) is 0 Å². The third-order valence-corrected chi connectivity index (χ3v) is 9.69. The van der Waals surface area contributed by atoms with Crippen LogP contribution in [0.4, 0.5) is 0 Å². The molecule has 0 fully saturated rings. The highest BCUT2D eigenvalue weighted by molar-refractivity contribution is 6.09. The quantitative estimate of drug-likeness (QED) is 0.196. The van der Waals surface area contributed by atoms with Crippen LogP contribution in [0.3, 0.4) is 0 Å². The summed E-state index contributed by atoms with van der Waals surface area (Å²) in [6.07, 6.45) is 11.6. The topological polar surface area (TPSA) is 65.0 Å². The number of furan rings is 2. The summed E-state index contributed by atoms with van der Waals surface area (Å²) in [7, 11) is 0. The molecule has 0 aliphatic heterocycles. The minimum Gasteiger partial charge on any atom is -0.460 e. The van der Waals surface area contributed by atoms with E-state index >= 15 is 0 Å². The molecule has 2 aliphatic rings. The maximum absolute atomic E-state index is 6.58. The van der Waals surface area contributed by atoms with Crippen molar-refractivity contribution in [3.05, 3.63) is 162 Å². The van der Waals surface area contributed by atoms with Crippen LogP contribution < -0.4 is 0 Å². The molecule has 3 aromatic heterocycles. The normalized spacial score (nSPS) is 16.0. The fourth-order valence-corrected chi connectivity index (χ4v) is 7.37. The molecule has 0 N–H and O–H groups in total. The molecular formula is C43H29N3O2. The van der Waals surface area contributed by atoms with Gasteiger partial charge in [-0.3, -0.25) is 0 Å². The average molecular weight is 620 g/mol. The van der Waals surface area contributed by atoms with Gasteiger partial charge in [-0.2, -0.15) is 0 Å². The Kier molecular flexibility index (Phi) is 6.06. The second kappa shape index (κ2) is 10.7. The second-order valence-electron chi connectivity index (χ2n) is 12.6. The third-order valence-electron chi connectivity index (χ3n) is 9.69. The van der Waals surface area contributed by atoms with Crippen molar-refractivity contribution in [3.8, 4) is 11.4 Å². The lowest BCUT2D eigenvalue weighted by Crippen LogP contribution is -2.12. The largest absolute Gasteiger partial charge is 0.460 e. The summed E-state index contributed by atoms with van der Waals surface area (Å²) in [6, 6.07) is 37.9. The second-order valence-corrected chi connectivity index (χ2v) is 12.6. The summed E-state index contributed by atoms with van der Waals surface area (Å²) in [6.45, 7) is 0. The molecule has 10 rings (SSSR count). The van der Waals surface area contributed by atoms with Crippen molar-refractivity contribution in [2.24, 2.45) is 0 Å². The standard InChI is InChI=1S/C43H29N3O2/c1-2-12-27(13-3-1)41-44-42(34-18-10-17-32-31-15-6-8-19-36(31)48-40(32)34)46-43(45-41)35-24-30(29-22-21-26-11-4-5-14-28(26)23-29)25-38-39(35)33-16-7-9-20-37(33)47-38/h2,4-24,30H,1,3,25H2. The lowest BCUT2D eigenvalue weighted by atomic mass is 9.83. The molecule has 0 amide bonds. The molecule has 5 heteroatoms. The highest BCUT2D eigenvalue weighted by Gasteiger charge is 2.30. The zero-order valence-electron chi connectivity index (χ0n) is 26.1. The molecule has 0 bridgehead atoms. The van der Waals surface area contributed by atoms with Crippen molar-refractivity contribution in [2.75, 3.05) is 0 Å². The van der Waals surface area contributed by atoms with Crippen LogP contribution >= 0.6 is 0 Å². The van der Waals surface area contributed by atoms with Crippen molar-refractivity contribution in [2.45, 2.75) is 25.2 Å².